The molecule has 0 saturated carbocycles. The third kappa shape index (κ3) is 11.9. The second-order valence-corrected chi connectivity index (χ2v) is 7.87. The van der Waals surface area contributed by atoms with Gasteiger partial charge in [-0.3, -0.25) is 14.4 Å². The van der Waals surface area contributed by atoms with Gasteiger partial charge >= 0.3 is 5.97 Å². The smallest absolute Gasteiger partial charge is 0.320 e. The fourth-order valence-corrected chi connectivity index (χ4v) is 2.90. The molecule has 200 valence electrons. The van der Waals surface area contributed by atoms with Crippen LogP contribution in [0.4, 0.5) is 0 Å². The molecule has 0 unspecified atom stereocenters. The summed E-state index contributed by atoms with van der Waals surface area (Å²) in [4.78, 5) is 34.0. The van der Waals surface area contributed by atoms with Crippen LogP contribution in [0.1, 0.15) is 36.8 Å². The Morgan fingerprint density at radius 2 is 1.32 bits per heavy atom. The zero-order valence-corrected chi connectivity index (χ0v) is 20.9. The van der Waals surface area contributed by atoms with Gasteiger partial charge in [0.05, 0.1) is 20.6 Å². The Morgan fingerprint density at radius 3 is 1.70 bits per heavy atom. The first-order valence-corrected chi connectivity index (χ1v) is 11.5. The van der Waals surface area contributed by atoms with E-state index in [2.05, 4.69) is 0 Å². The average Bonchev–Trinajstić information content (AvgIpc) is 2.88. The van der Waals surface area contributed by atoms with Gasteiger partial charge in [-0.05, 0) is 66.9 Å². The zero-order valence-electron chi connectivity index (χ0n) is 20.9. The van der Waals surface area contributed by atoms with Crippen molar-refractivity contribution in [2.24, 2.45) is 11.5 Å². The first-order valence-electron chi connectivity index (χ1n) is 11.5. The van der Waals surface area contributed by atoms with Crippen LogP contribution in [-0.4, -0.2) is 59.7 Å². The van der Waals surface area contributed by atoms with Crippen LogP contribution >= 0.6 is 0 Å². The number of phenolic OH excluding ortho intramolecular Hbond substituents is 2. The molecule has 37 heavy (non-hydrogen) atoms. The summed E-state index contributed by atoms with van der Waals surface area (Å²) < 4.78 is 10.00. The monoisotopic (exact) mass is 514 g/mol. The molecule has 0 heterocycles. The standard InChI is InChI=1S/C21H20O6.C6H14N2O2/c1-26-20-11-14(5-9-18(20)24)3-7-16(22)13-17(23)8-4-15-6-10-19(25)21(12-15)27-2;7-4-2-1-3-5(8)6(9)10/h3-12,24-25H,13H2,1-2H3;5H,1-4,7-8H2,(H,9,10)/t;5-/m.0/s1. The van der Waals surface area contributed by atoms with Crippen molar-refractivity contribution in [3.8, 4) is 23.0 Å². The summed E-state index contributed by atoms with van der Waals surface area (Å²) in [6.45, 7) is 0.604. The van der Waals surface area contributed by atoms with Crippen LogP contribution in [-0.2, 0) is 14.4 Å². The third-order valence-electron chi connectivity index (χ3n) is 4.97. The number of unbranched alkanes of at least 4 members (excludes halogenated alkanes) is 1. The van der Waals surface area contributed by atoms with Crippen molar-refractivity contribution in [2.75, 3.05) is 20.8 Å². The minimum atomic E-state index is -0.933. The molecule has 0 fully saturated rings. The summed E-state index contributed by atoms with van der Waals surface area (Å²) in [7, 11) is 2.87. The number of methoxy groups -OCH3 is 2. The lowest BCUT2D eigenvalue weighted by atomic mass is 10.1. The number of hydrogen-bond donors (Lipinski definition) is 5. The molecule has 0 aliphatic rings. The maximum atomic E-state index is 11.9. The Bertz CT molecular complexity index is 1040. The molecule has 0 spiro atoms. The number of ether oxygens (including phenoxy) is 2. The molecule has 0 aliphatic carbocycles. The zero-order chi connectivity index (χ0) is 27.8. The number of ketones is 2. The van der Waals surface area contributed by atoms with E-state index in [0.29, 0.717) is 35.6 Å². The number of nitrogens with two attached hydrogens (primary N) is 2. The number of allylic oxidation sites excluding steroid dienone is 2. The van der Waals surface area contributed by atoms with Crippen molar-refractivity contribution in [1.29, 1.82) is 0 Å². The van der Waals surface area contributed by atoms with Crippen LogP contribution in [0.25, 0.3) is 12.2 Å². The number of carbonyl (C=O) groups is 3. The second kappa shape index (κ2) is 16.5. The molecule has 1 atom stereocenters. The molecular formula is C27H34N2O8. The van der Waals surface area contributed by atoms with Gasteiger partial charge in [0, 0.05) is 0 Å². The van der Waals surface area contributed by atoms with Gasteiger partial charge in [0.1, 0.15) is 6.04 Å². The molecule has 0 aliphatic heterocycles. The number of carboxylic acids is 1. The lowest BCUT2D eigenvalue weighted by molar-refractivity contribution is -0.138. The van der Waals surface area contributed by atoms with E-state index in [9.17, 15) is 24.6 Å². The van der Waals surface area contributed by atoms with E-state index in [4.69, 9.17) is 26.0 Å². The number of benzene rings is 2. The van der Waals surface area contributed by atoms with Gasteiger partial charge in [0.15, 0.2) is 34.6 Å². The highest BCUT2D eigenvalue weighted by molar-refractivity contribution is 6.10. The quantitative estimate of drug-likeness (QED) is 0.151. The van der Waals surface area contributed by atoms with Crippen molar-refractivity contribution in [2.45, 2.75) is 31.7 Å². The van der Waals surface area contributed by atoms with Gasteiger partial charge in [-0.15, -0.1) is 0 Å². The molecule has 0 amide bonds. The summed E-state index contributed by atoms with van der Waals surface area (Å²) in [6, 6.07) is 8.62. The van der Waals surface area contributed by atoms with Crippen LogP contribution in [0.5, 0.6) is 23.0 Å². The third-order valence-corrected chi connectivity index (χ3v) is 4.97. The largest absolute Gasteiger partial charge is 0.504 e. The normalized spacial score (nSPS) is 11.6. The Hall–Kier alpha value is -4.15. The summed E-state index contributed by atoms with van der Waals surface area (Å²) >= 11 is 0. The molecule has 10 nitrogen and oxygen atoms in total. The van der Waals surface area contributed by atoms with Crippen LogP contribution in [0, 0.1) is 0 Å². The van der Waals surface area contributed by atoms with Crippen LogP contribution in [0.15, 0.2) is 48.6 Å². The number of aromatic hydroxyl groups is 2. The SMILES string of the molecule is COc1cc(C=CC(=O)CC(=O)C=Cc2ccc(O)c(OC)c2)ccc1O.NCCCC[C@H](N)C(=O)O. The Morgan fingerprint density at radius 1 is 0.865 bits per heavy atom. The molecule has 10 heteroatoms. The minimum Gasteiger partial charge on any atom is -0.504 e. The predicted octanol–water partition coefficient (Wildman–Crippen LogP) is 2.90. The molecule has 2 aromatic rings. The molecule has 7 N–H and O–H groups in total. The van der Waals surface area contributed by atoms with Crippen LogP contribution < -0.4 is 20.9 Å². The van der Waals surface area contributed by atoms with Crippen molar-refractivity contribution < 1.29 is 39.2 Å². The predicted molar refractivity (Wildman–Crippen MR) is 141 cm³/mol. The Kier molecular flexibility index (Phi) is 13.8. The van der Waals surface area contributed by atoms with E-state index >= 15 is 0 Å². The maximum Gasteiger partial charge on any atom is 0.320 e. The second-order valence-electron chi connectivity index (χ2n) is 7.87. The van der Waals surface area contributed by atoms with Gasteiger partial charge in [-0.25, -0.2) is 0 Å². The minimum absolute atomic E-state index is 0.00662. The molecular weight excluding hydrogens is 480 g/mol. The molecule has 0 radical (unpaired) electrons. The molecule has 2 aromatic carbocycles. The number of carboxylic acid groups (broad SMARTS) is 1. The van der Waals surface area contributed by atoms with E-state index in [1.807, 2.05) is 0 Å². The van der Waals surface area contributed by atoms with E-state index in [0.717, 1.165) is 12.8 Å². The highest BCUT2D eigenvalue weighted by Crippen LogP contribution is 2.27. The van der Waals surface area contributed by atoms with Gasteiger partial charge in [0.25, 0.3) is 0 Å². The lowest BCUT2D eigenvalue weighted by Crippen LogP contribution is -2.29. The Labute approximate surface area is 215 Å². The van der Waals surface area contributed by atoms with Crippen LogP contribution in [0.3, 0.4) is 0 Å². The van der Waals surface area contributed by atoms with Crippen molar-refractivity contribution >= 4 is 29.7 Å². The van der Waals surface area contributed by atoms with Gasteiger partial charge in [-0.1, -0.05) is 30.7 Å². The number of hydrogen-bond acceptors (Lipinski definition) is 9. The van der Waals surface area contributed by atoms with Gasteiger partial charge < -0.3 is 36.3 Å². The topological polar surface area (TPSA) is 182 Å². The molecule has 0 bridgehead atoms. The van der Waals surface area contributed by atoms with Crippen molar-refractivity contribution in [1.82, 2.24) is 0 Å². The number of rotatable bonds is 13. The van der Waals surface area contributed by atoms with Gasteiger partial charge in [0.2, 0.25) is 0 Å². The van der Waals surface area contributed by atoms with E-state index in [1.165, 1.54) is 38.5 Å². The number of phenols is 2. The first-order chi connectivity index (χ1) is 17.6. The van der Waals surface area contributed by atoms with E-state index in [1.54, 1.807) is 36.4 Å². The fraction of sp³-hybridized carbons (Fsp3) is 0.296. The number of aliphatic carboxylic acids is 1. The molecule has 2 rings (SSSR count). The lowest BCUT2D eigenvalue weighted by Gasteiger charge is -2.03. The van der Waals surface area contributed by atoms with Crippen molar-refractivity contribution in [3.63, 3.8) is 0 Å². The Balaban J connectivity index is 0.000000580. The van der Waals surface area contributed by atoms with Gasteiger partial charge in [-0.2, -0.15) is 0 Å². The maximum absolute atomic E-state index is 11.9. The summed E-state index contributed by atoms with van der Waals surface area (Å²) in [6.07, 6.45) is 7.61. The number of carbonyl (C=O) groups excluding carboxylic acids is 2. The van der Waals surface area contributed by atoms with Crippen LogP contribution in [0.2, 0.25) is 0 Å². The fourth-order valence-electron chi connectivity index (χ4n) is 2.90. The highest BCUT2D eigenvalue weighted by atomic mass is 16.5. The van der Waals surface area contributed by atoms with E-state index in [-0.39, 0.29) is 29.5 Å². The average molecular weight is 515 g/mol. The molecule has 0 aromatic heterocycles. The summed E-state index contributed by atoms with van der Waals surface area (Å²) in [5.41, 5.74) is 11.7. The molecule has 0 saturated heterocycles. The first kappa shape index (κ1) is 30.9. The summed E-state index contributed by atoms with van der Waals surface area (Å²) in [5, 5.41) is 27.4. The summed E-state index contributed by atoms with van der Waals surface area (Å²) in [5.74, 6) is -1.02. The van der Waals surface area contributed by atoms with Crippen molar-refractivity contribution in [3.05, 3.63) is 59.7 Å². The van der Waals surface area contributed by atoms with E-state index < -0.39 is 12.0 Å². The highest BCUT2D eigenvalue weighted by Gasteiger charge is 2.09.